The Balaban J connectivity index is 1.65. The molecule has 5 rings (SSSR count). The number of aromatic nitrogens is 3. The van der Waals surface area contributed by atoms with Crippen molar-refractivity contribution in [2.45, 2.75) is 32.5 Å². The summed E-state index contributed by atoms with van der Waals surface area (Å²) >= 11 is 5.81. The van der Waals surface area contributed by atoms with Crippen LogP contribution in [0.3, 0.4) is 0 Å². The Bertz CT molecular complexity index is 1460. The van der Waals surface area contributed by atoms with Crippen molar-refractivity contribution in [3.05, 3.63) is 112 Å². The number of thiocarbonyl (C=S) groups is 1. The van der Waals surface area contributed by atoms with Gasteiger partial charge in [0.05, 0.1) is 35.9 Å². The molecule has 1 aliphatic rings. The van der Waals surface area contributed by atoms with Crippen LogP contribution in [0.5, 0.6) is 5.75 Å². The average molecular weight is 515 g/mol. The van der Waals surface area contributed by atoms with Crippen LogP contribution in [0.2, 0.25) is 0 Å². The second-order valence-electron chi connectivity index (χ2n) is 8.89. The second-order valence-corrected chi connectivity index (χ2v) is 9.28. The Labute approximate surface area is 219 Å². The van der Waals surface area contributed by atoms with Crippen LogP contribution in [0.1, 0.15) is 40.3 Å². The minimum Gasteiger partial charge on any atom is -0.496 e. The zero-order valence-electron chi connectivity index (χ0n) is 20.7. The van der Waals surface area contributed by atoms with Crippen LogP contribution >= 0.6 is 12.2 Å². The smallest absolute Gasteiger partial charge is 0.296 e. The number of nitro groups is 1. The number of methoxy groups -OCH3 is 1. The second kappa shape index (κ2) is 9.98. The normalized spacial score (nSPS) is 17.1. The summed E-state index contributed by atoms with van der Waals surface area (Å²) < 4.78 is 7.16. The van der Waals surface area contributed by atoms with Crippen molar-refractivity contribution in [2.24, 2.45) is 0 Å². The lowest BCUT2D eigenvalue weighted by Crippen LogP contribution is -2.29. The van der Waals surface area contributed by atoms with E-state index in [2.05, 4.69) is 26.3 Å². The predicted molar refractivity (Wildman–Crippen MR) is 144 cm³/mol. The van der Waals surface area contributed by atoms with Gasteiger partial charge in [0, 0.05) is 36.5 Å². The summed E-state index contributed by atoms with van der Waals surface area (Å²) in [5.74, 6) is 0.432. The third-order valence-corrected chi connectivity index (χ3v) is 7.03. The van der Waals surface area contributed by atoms with Crippen LogP contribution in [0.25, 0.3) is 5.69 Å². The maximum Gasteiger partial charge on any atom is 0.296 e. The van der Waals surface area contributed by atoms with Crippen molar-refractivity contribution in [1.29, 1.82) is 0 Å². The molecule has 188 valence electrons. The van der Waals surface area contributed by atoms with Gasteiger partial charge in [-0.3, -0.25) is 20.1 Å². The van der Waals surface area contributed by atoms with Crippen LogP contribution in [0, 0.1) is 24.0 Å². The van der Waals surface area contributed by atoms with E-state index < -0.39 is 0 Å². The molecule has 4 aromatic rings. The zero-order valence-corrected chi connectivity index (χ0v) is 21.5. The van der Waals surface area contributed by atoms with Gasteiger partial charge in [-0.2, -0.15) is 0 Å². The molecular formula is C27H26N6O3S. The van der Waals surface area contributed by atoms with Gasteiger partial charge in [0.15, 0.2) is 5.11 Å². The lowest BCUT2D eigenvalue weighted by Gasteiger charge is -2.28. The van der Waals surface area contributed by atoms with Gasteiger partial charge >= 0.3 is 0 Å². The largest absolute Gasteiger partial charge is 0.496 e. The van der Waals surface area contributed by atoms with Gasteiger partial charge in [0.25, 0.3) is 5.69 Å². The summed E-state index contributed by atoms with van der Waals surface area (Å²) in [5.41, 5.74) is 5.12. The summed E-state index contributed by atoms with van der Waals surface area (Å²) in [4.78, 5) is 22.6. The molecule has 0 radical (unpaired) electrons. The fourth-order valence-corrected chi connectivity index (χ4v) is 5.33. The molecule has 0 amide bonds. The van der Waals surface area contributed by atoms with Gasteiger partial charge < -0.3 is 19.5 Å². The van der Waals surface area contributed by atoms with Crippen molar-refractivity contribution < 1.29 is 9.66 Å². The molecule has 4 heterocycles. The van der Waals surface area contributed by atoms with Crippen molar-refractivity contribution in [3.8, 4) is 11.4 Å². The quantitative estimate of drug-likeness (QED) is 0.210. The molecule has 1 N–H and O–H groups in total. The summed E-state index contributed by atoms with van der Waals surface area (Å²) in [6, 6.07) is 16.3. The summed E-state index contributed by atoms with van der Waals surface area (Å²) in [6.07, 6.45) is 5.34. The van der Waals surface area contributed by atoms with E-state index in [0.29, 0.717) is 23.1 Å². The molecule has 1 aromatic carbocycles. The fraction of sp³-hybridized carbons (Fsp3) is 0.222. The number of benzene rings is 1. The first-order chi connectivity index (χ1) is 17.9. The monoisotopic (exact) mass is 514 g/mol. The van der Waals surface area contributed by atoms with Crippen LogP contribution in [-0.2, 0) is 6.54 Å². The van der Waals surface area contributed by atoms with Gasteiger partial charge in [0.1, 0.15) is 11.4 Å². The number of hydrogen-bond acceptors (Lipinski definition) is 6. The molecule has 3 aromatic heterocycles. The maximum absolute atomic E-state index is 12.0. The Morgan fingerprint density at radius 2 is 1.97 bits per heavy atom. The molecule has 0 aliphatic carbocycles. The minimum atomic E-state index is -0.381. The highest BCUT2D eigenvalue weighted by molar-refractivity contribution is 7.80. The number of nitro benzene ring substituents is 1. The highest BCUT2D eigenvalue weighted by atomic mass is 32.1. The third-order valence-electron chi connectivity index (χ3n) is 6.68. The molecule has 10 heteroatoms. The number of pyridine rings is 2. The molecule has 9 nitrogen and oxygen atoms in total. The summed E-state index contributed by atoms with van der Waals surface area (Å²) in [7, 11) is 1.49. The Hall–Kier alpha value is -4.31. The lowest BCUT2D eigenvalue weighted by molar-refractivity contribution is -0.384. The van der Waals surface area contributed by atoms with Crippen molar-refractivity contribution in [1.82, 2.24) is 24.8 Å². The molecule has 0 unspecified atom stereocenters. The molecule has 0 bridgehead atoms. The van der Waals surface area contributed by atoms with Crippen molar-refractivity contribution >= 4 is 23.0 Å². The number of hydrogen-bond donors (Lipinski definition) is 1. The van der Waals surface area contributed by atoms with Crippen molar-refractivity contribution in [2.75, 3.05) is 7.11 Å². The van der Waals surface area contributed by atoms with Crippen LogP contribution in [0.15, 0.2) is 73.2 Å². The highest BCUT2D eigenvalue weighted by Gasteiger charge is 2.41. The fourth-order valence-electron chi connectivity index (χ4n) is 5.03. The number of rotatable bonds is 7. The zero-order chi connectivity index (χ0) is 26.1. The lowest BCUT2D eigenvalue weighted by atomic mass is 9.96. The Morgan fingerprint density at radius 1 is 1.14 bits per heavy atom. The van der Waals surface area contributed by atoms with E-state index in [-0.39, 0.29) is 22.7 Å². The van der Waals surface area contributed by atoms with Gasteiger partial charge in [-0.1, -0.05) is 12.1 Å². The first-order valence-corrected chi connectivity index (χ1v) is 12.2. The molecular weight excluding hydrogens is 488 g/mol. The predicted octanol–water partition coefficient (Wildman–Crippen LogP) is 4.97. The average Bonchev–Trinajstić information content (AvgIpc) is 3.39. The van der Waals surface area contributed by atoms with Gasteiger partial charge in [-0.25, -0.2) is 0 Å². The molecule has 2 atom stereocenters. The van der Waals surface area contributed by atoms with E-state index in [1.807, 2.05) is 54.9 Å². The van der Waals surface area contributed by atoms with E-state index in [9.17, 15) is 10.1 Å². The Morgan fingerprint density at radius 3 is 2.65 bits per heavy atom. The third kappa shape index (κ3) is 4.51. The van der Waals surface area contributed by atoms with E-state index in [0.717, 1.165) is 28.2 Å². The SMILES string of the molecule is COc1ccc(-n2c(C)cc([C@H]3[C@H](c4ccccn4)NC(=S)N3Cc3cccnc3)c2C)c([N+](=O)[O-])c1. The molecule has 37 heavy (non-hydrogen) atoms. The highest BCUT2D eigenvalue weighted by Crippen LogP contribution is 2.43. The molecule has 1 aliphatic heterocycles. The topological polar surface area (TPSA) is 98.3 Å². The molecule has 1 saturated heterocycles. The number of ether oxygens (including phenoxy) is 1. The van der Waals surface area contributed by atoms with Gasteiger partial charge in [-0.05, 0) is 73.6 Å². The minimum absolute atomic E-state index is 0.0266. The molecule has 0 saturated carbocycles. The van der Waals surface area contributed by atoms with E-state index >= 15 is 0 Å². The first-order valence-electron chi connectivity index (χ1n) is 11.8. The van der Waals surface area contributed by atoms with Crippen LogP contribution in [-0.4, -0.2) is 36.6 Å². The van der Waals surface area contributed by atoms with Gasteiger partial charge in [0.2, 0.25) is 0 Å². The first kappa shape index (κ1) is 24.4. The van der Waals surface area contributed by atoms with E-state index in [4.69, 9.17) is 17.0 Å². The van der Waals surface area contributed by atoms with E-state index in [1.54, 1.807) is 24.5 Å². The molecule has 0 spiro atoms. The number of nitrogens with zero attached hydrogens (tertiary/aromatic N) is 5. The van der Waals surface area contributed by atoms with Gasteiger partial charge in [-0.15, -0.1) is 0 Å². The summed E-state index contributed by atoms with van der Waals surface area (Å²) in [5, 5.41) is 16.1. The van der Waals surface area contributed by atoms with Crippen molar-refractivity contribution in [3.63, 3.8) is 0 Å². The van der Waals surface area contributed by atoms with Crippen LogP contribution < -0.4 is 10.1 Å². The summed E-state index contributed by atoms with van der Waals surface area (Å²) in [6.45, 7) is 4.49. The molecule has 1 fully saturated rings. The Kier molecular flexibility index (Phi) is 6.58. The van der Waals surface area contributed by atoms with Crippen LogP contribution in [0.4, 0.5) is 5.69 Å². The van der Waals surface area contributed by atoms with E-state index in [1.165, 1.54) is 13.2 Å². The maximum atomic E-state index is 12.0. The standard InChI is InChI=1S/C27H26N6O3S/c1-17-13-21(18(2)32(17)23-10-9-20(36-3)14-24(23)33(34)35)26-25(22-8-4-5-12-29-22)30-27(37)31(26)16-19-7-6-11-28-15-19/h4-15,25-26H,16H2,1-3H3,(H,30,37)/t25-,26-/m0/s1. The number of aryl methyl sites for hydroxylation is 1. The number of nitrogens with one attached hydrogen (secondary N) is 1.